The van der Waals surface area contributed by atoms with E-state index in [0.29, 0.717) is 0 Å². The summed E-state index contributed by atoms with van der Waals surface area (Å²) in [6.45, 7) is 9.83. The second-order valence-electron chi connectivity index (χ2n) is 6.70. The lowest BCUT2D eigenvalue weighted by Gasteiger charge is -2.51. The van der Waals surface area contributed by atoms with Gasteiger partial charge in [-0.2, -0.15) is 0 Å². The van der Waals surface area contributed by atoms with Crippen LogP contribution < -0.4 is 5.32 Å². The van der Waals surface area contributed by atoms with E-state index in [-0.39, 0.29) is 11.1 Å². The van der Waals surface area contributed by atoms with E-state index in [1.54, 1.807) is 11.3 Å². The zero-order chi connectivity index (χ0) is 14.9. The molecule has 1 fully saturated rings. The molecular formula is C17H23N3S. The molecule has 1 aromatic carbocycles. The Balaban J connectivity index is 1.93. The van der Waals surface area contributed by atoms with Gasteiger partial charge in [0.05, 0.1) is 11.0 Å². The Kier molecular flexibility index (Phi) is 3.86. The molecule has 112 valence electrons. The van der Waals surface area contributed by atoms with E-state index in [9.17, 15) is 0 Å². The minimum Gasteiger partial charge on any atom is -0.308 e. The van der Waals surface area contributed by atoms with E-state index in [4.69, 9.17) is 0 Å². The van der Waals surface area contributed by atoms with E-state index in [1.807, 2.05) is 11.7 Å². The van der Waals surface area contributed by atoms with Gasteiger partial charge in [0.2, 0.25) is 0 Å². The first-order valence-electron chi connectivity index (χ1n) is 7.43. The second-order valence-corrected chi connectivity index (χ2v) is 7.67. The Morgan fingerprint density at radius 1 is 1.24 bits per heavy atom. The summed E-state index contributed by atoms with van der Waals surface area (Å²) in [7, 11) is 0. The van der Waals surface area contributed by atoms with Gasteiger partial charge in [-0.3, -0.25) is 9.88 Å². The third-order valence-electron chi connectivity index (χ3n) is 4.42. The van der Waals surface area contributed by atoms with Gasteiger partial charge in [-0.05, 0) is 26.3 Å². The van der Waals surface area contributed by atoms with Gasteiger partial charge in [0.1, 0.15) is 0 Å². The van der Waals surface area contributed by atoms with Crippen LogP contribution in [0.1, 0.15) is 31.2 Å². The van der Waals surface area contributed by atoms with Crippen LogP contribution in [0.4, 0.5) is 0 Å². The molecule has 0 saturated carbocycles. The van der Waals surface area contributed by atoms with Crippen molar-refractivity contribution >= 4 is 11.3 Å². The van der Waals surface area contributed by atoms with Crippen molar-refractivity contribution in [1.82, 2.24) is 15.2 Å². The average molecular weight is 301 g/mol. The molecule has 1 aliphatic rings. The molecular weight excluding hydrogens is 278 g/mol. The summed E-state index contributed by atoms with van der Waals surface area (Å²) in [5.74, 6) is 0. The number of nitrogens with one attached hydrogen (secondary N) is 1. The first-order chi connectivity index (χ1) is 10.00. The highest BCUT2D eigenvalue weighted by molar-refractivity contribution is 7.09. The van der Waals surface area contributed by atoms with Gasteiger partial charge in [-0.15, -0.1) is 11.3 Å². The van der Waals surface area contributed by atoms with Gasteiger partial charge >= 0.3 is 0 Å². The van der Waals surface area contributed by atoms with Gasteiger partial charge in [-0.1, -0.05) is 30.3 Å². The summed E-state index contributed by atoms with van der Waals surface area (Å²) in [6.07, 6.45) is 1.99. The maximum absolute atomic E-state index is 4.22. The molecule has 2 heterocycles. The third-order valence-corrected chi connectivity index (χ3v) is 5.19. The molecule has 0 amide bonds. The van der Waals surface area contributed by atoms with Crippen molar-refractivity contribution < 1.29 is 0 Å². The van der Waals surface area contributed by atoms with Crippen LogP contribution in [0.5, 0.6) is 0 Å². The zero-order valence-electron chi connectivity index (χ0n) is 13.0. The molecule has 4 heteroatoms. The summed E-state index contributed by atoms with van der Waals surface area (Å²) >= 11 is 1.74. The van der Waals surface area contributed by atoms with Crippen molar-refractivity contribution in [2.75, 3.05) is 13.1 Å². The Labute approximate surface area is 131 Å². The first-order valence-corrected chi connectivity index (χ1v) is 8.31. The highest BCUT2D eigenvalue weighted by Gasteiger charge is 2.41. The molecule has 1 saturated heterocycles. The first kappa shape index (κ1) is 14.7. The Hall–Kier alpha value is -1.23. The summed E-state index contributed by atoms with van der Waals surface area (Å²) < 4.78 is 0. The molecule has 1 atom stereocenters. The average Bonchev–Trinajstić information content (AvgIpc) is 2.97. The van der Waals surface area contributed by atoms with Gasteiger partial charge in [-0.25, -0.2) is 0 Å². The predicted octanol–water partition coefficient (Wildman–Crippen LogP) is 3.24. The van der Waals surface area contributed by atoms with Crippen LogP contribution in [0.3, 0.4) is 0 Å². The van der Waals surface area contributed by atoms with Crippen LogP contribution in [0.25, 0.3) is 0 Å². The largest absolute Gasteiger partial charge is 0.308 e. The molecule has 0 aliphatic carbocycles. The van der Waals surface area contributed by atoms with Crippen molar-refractivity contribution in [3.05, 3.63) is 52.5 Å². The monoisotopic (exact) mass is 301 g/mol. The van der Waals surface area contributed by atoms with Crippen molar-refractivity contribution in [2.45, 2.75) is 38.4 Å². The fourth-order valence-corrected chi connectivity index (χ4v) is 3.66. The summed E-state index contributed by atoms with van der Waals surface area (Å²) in [5, 5.41) is 3.70. The van der Waals surface area contributed by atoms with E-state index in [2.05, 4.69) is 66.3 Å². The predicted molar refractivity (Wildman–Crippen MR) is 88.4 cm³/mol. The summed E-state index contributed by atoms with van der Waals surface area (Å²) in [4.78, 5) is 8.14. The van der Waals surface area contributed by atoms with Crippen LogP contribution in [0.15, 0.2) is 42.0 Å². The van der Waals surface area contributed by atoms with E-state index >= 15 is 0 Å². The topological polar surface area (TPSA) is 28.2 Å². The smallest absolute Gasteiger partial charge is 0.0794 e. The zero-order valence-corrected chi connectivity index (χ0v) is 13.8. The fourth-order valence-electron chi connectivity index (χ4n) is 3.05. The number of piperazine rings is 1. The number of nitrogens with zero attached hydrogens (tertiary/aromatic N) is 2. The maximum Gasteiger partial charge on any atom is 0.0794 e. The van der Waals surface area contributed by atoms with Crippen molar-refractivity contribution in [2.24, 2.45) is 0 Å². The third kappa shape index (κ3) is 3.03. The van der Waals surface area contributed by atoms with Crippen molar-refractivity contribution in [3.63, 3.8) is 0 Å². The molecule has 1 N–H and O–H groups in total. The van der Waals surface area contributed by atoms with Crippen molar-refractivity contribution in [3.8, 4) is 0 Å². The molecule has 3 nitrogen and oxygen atoms in total. The van der Waals surface area contributed by atoms with Gasteiger partial charge in [0, 0.05) is 36.2 Å². The van der Waals surface area contributed by atoms with Gasteiger partial charge < -0.3 is 5.32 Å². The molecule has 2 aromatic rings. The molecule has 0 radical (unpaired) electrons. The van der Waals surface area contributed by atoms with Crippen LogP contribution >= 0.6 is 11.3 Å². The second kappa shape index (κ2) is 5.52. The number of thiazole rings is 1. The van der Waals surface area contributed by atoms with Crippen LogP contribution in [-0.2, 0) is 12.1 Å². The van der Waals surface area contributed by atoms with Crippen molar-refractivity contribution in [1.29, 1.82) is 0 Å². The van der Waals surface area contributed by atoms with Gasteiger partial charge in [0.15, 0.2) is 0 Å². The fraction of sp³-hybridized carbons (Fsp3) is 0.471. The summed E-state index contributed by atoms with van der Waals surface area (Å²) in [5.41, 5.74) is 3.44. The van der Waals surface area contributed by atoms with Crippen LogP contribution in [-0.4, -0.2) is 28.5 Å². The Morgan fingerprint density at radius 3 is 2.67 bits per heavy atom. The van der Waals surface area contributed by atoms with E-state index in [1.165, 1.54) is 10.4 Å². The highest BCUT2D eigenvalue weighted by atomic mass is 32.1. The highest BCUT2D eigenvalue weighted by Crippen LogP contribution is 2.34. The van der Waals surface area contributed by atoms with Gasteiger partial charge in [0.25, 0.3) is 0 Å². The number of benzene rings is 1. The van der Waals surface area contributed by atoms with E-state index < -0.39 is 0 Å². The Bertz CT molecular complexity index is 579. The number of hydrogen-bond acceptors (Lipinski definition) is 4. The standard InChI is InChI=1S/C17H23N3S/c1-16(2)12-20(10-15-9-18-13-21-15)17(3,11-19-16)14-7-5-4-6-8-14/h4-9,13,19H,10-12H2,1-3H3. The minimum absolute atomic E-state index is 0.0147. The quantitative estimate of drug-likeness (QED) is 0.943. The molecule has 3 rings (SSSR count). The lowest BCUT2D eigenvalue weighted by molar-refractivity contribution is 0.0179. The molecule has 0 bridgehead atoms. The normalized spacial score (nSPS) is 25.9. The maximum atomic E-state index is 4.22. The number of rotatable bonds is 3. The van der Waals surface area contributed by atoms with Crippen LogP contribution in [0.2, 0.25) is 0 Å². The minimum atomic E-state index is 0.0147. The number of hydrogen-bond donors (Lipinski definition) is 1. The van der Waals surface area contributed by atoms with E-state index in [0.717, 1.165) is 19.6 Å². The van der Waals surface area contributed by atoms with Crippen LogP contribution in [0, 0.1) is 0 Å². The SMILES string of the molecule is CC1(C)CN(Cc2cncs2)C(C)(c2ccccc2)CN1. The molecule has 1 aromatic heterocycles. The Morgan fingerprint density at radius 2 is 2.00 bits per heavy atom. The molecule has 0 spiro atoms. The molecule has 21 heavy (non-hydrogen) atoms. The lowest BCUT2D eigenvalue weighted by Crippen LogP contribution is -2.65. The lowest BCUT2D eigenvalue weighted by atomic mass is 9.84. The molecule has 1 unspecified atom stereocenters. The summed E-state index contributed by atoms with van der Waals surface area (Å²) in [6, 6.07) is 10.8. The number of aromatic nitrogens is 1. The molecule has 1 aliphatic heterocycles.